The van der Waals surface area contributed by atoms with Gasteiger partial charge in [-0.1, -0.05) is 18.2 Å². The van der Waals surface area contributed by atoms with Crippen LogP contribution in [-0.4, -0.2) is 48.6 Å². The molecule has 2 amide bonds. The van der Waals surface area contributed by atoms with Crippen LogP contribution in [0.25, 0.3) is 0 Å². The Morgan fingerprint density at radius 3 is 2.48 bits per heavy atom. The first-order valence-electron chi connectivity index (χ1n) is 8.15. The summed E-state index contributed by atoms with van der Waals surface area (Å²) in [4.78, 5) is 28.9. The van der Waals surface area contributed by atoms with E-state index in [2.05, 4.69) is 0 Å². The van der Waals surface area contributed by atoms with Crippen LogP contribution in [-0.2, 0) is 19.7 Å². The van der Waals surface area contributed by atoms with Crippen LogP contribution in [0.2, 0.25) is 0 Å². The summed E-state index contributed by atoms with van der Waals surface area (Å²) < 4.78 is 5.67. The maximum Gasteiger partial charge on any atom is 0.242 e. The van der Waals surface area contributed by atoms with E-state index in [1.54, 1.807) is 9.80 Å². The molecule has 1 saturated heterocycles. The summed E-state index contributed by atoms with van der Waals surface area (Å²) in [5.74, 6) is -0.0331. The monoisotopic (exact) mass is 316 g/mol. The average Bonchev–Trinajstić information content (AvgIpc) is 2.68. The third kappa shape index (κ3) is 2.74. The molecule has 0 radical (unpaired) electrons. The molecular weight excluding hydrogens is 292 g/mol. The molecule has 0 saturated carbocycles. The minimum absolute atomic E-state index is 0.0126. The predicted octanol–water partition coefficient (Wildman–Crippen LogP) is 1.95. The fourth-order valence-corrected chi connectivity index (χ4v) is 3.57. The van der Waals surface area contributed by atoms with Crippen LogP contribution in [0.5, 0.6) is 0 Å². The number of ether oxygens (including phenoxy) is 1. The van der Waals surface area contributed by atoms with Gasteiger partial charge in [0.05, 0.1) is 17.6 Å². The molecular formula is C18H24N2O3. The lowest BCUT2D eigenvalue weighted by Crippen LogP contribution is -2.52. The van der Waals surface area contributed by atoms with Gasteiger partial charge < -0.3 is 14.5 Å². The lowest BCUT2D eigenvalue weighted by atomic mass is 9.86. The fourth-order valence-electron chi connectivity index (χ4n) is 3.57. The second-order valence-electron chi connectivity index (χ2n) is 7.09. The number of carbonyl (C=O) groups excluding carboxylic acids is 2. The number of rotatable bonds is 2. The Labute approximate surface area is 137 Å². The highest BCUT2D eigenvalue weighted by Crippen LogP contribution is 2.41. The molecule has 2 aliphatic rings. The third-order valence-corrected chi connectivity index (χ3v) is 4.71. The molecule has 0 N–H and O–H groups in total. The Balaban J connectivity index is 1.80. The molecule has 2 aliphatic heterocycles. The van der Waals surface area contributed by atoms with Gasteiger partial charge in [0, 0.05) is 18.8 Å². The van der Waals surface area contributed by atoms with Crippen LogP contribution in [0.15, 0.2) is 24.3 Å². The van der Waals surface area contributed by atoms with Crippen LogP contribution < -0.4 is 4.90 Å². The van der Waals surface area contributed by atoms with Gasteiger partial charge in [0.15, 0.2) is 0 Å². The van der Waals surface area contributed by atoms with Crippen LogP contribution in [0.3, 0.4) is 0 Å². The predicted molar refractivity (Wildman–Crippen MR) is 88.4 cm³/mol. The number of para-hydroxylation sites is 1. The first kappa shape index (κ1) is 16.0. The second-order valence-corrected chi connectivity index (χ2v) is 7.09. The Morgan fingerprint density at radius 2 is 1.83 bits per heavy atom. The van der Waals surface area contributed by atoms with Crippen LogP contribution in [0, 0.1) is 0 Å². The molecule has 1 aromatic carbocycles. The fraction of sp³-hybridized carbons (Fsp3) is 0.556. The molecule has 0 spiro atoms. The molecule has 5 heteroatoms. The van der Waals surface area contributed by atoms with Crippen molar-refractivity contribution in [2.24, 2.45) is 0 Å². The molecule has 0 aliphatic carbocycles. The molecule has 23 heavy (non-hydrogen) atoms. The Bertz CT molecular complexity index is 631. The SMILES string of the molecule is C[C@@H]1CN(C(=O)CN2C(=O)C(C)(C)c3ccccc32)C[C@@H](C)O1. The lowest BCUT2D eigenvalue weighted by molar-refractivity contribution is -0.142. The van der Waals surface area contributed by atoms with Crippen molar-refractivity contribution in [1.29, 1.82) is 0 Å². The summed E-state index contributed by atoms with van der Waals surface area (Å²) >= 11 is 0. The van der Waals surface area contributed by atoms with Gasteiger partial charge in [-0.3, -0.25) is 9.59 Å². The van der Waals surface area contributed by atoms with Gasteiger partial charge >= 0.3 is 0 Å². The van der Waals surface area contributed by atoms with E-state index in [9.17, 15) is 9.59 Å². The maximum atomic E-state index is 12.8. The molecule has 124 valence electrons. The third-order valence-electron chi connectivity index (χ3n) is 4.71. The van der Waals surface area contributed by atoms with Gasteiger partial charge in [0.1, 0.15) is 6.54 Å². The van der Waals surface area contributed by atoms with Gasteiger partial charge in [-0.25, -0.2) is 0 Å². The second kappa shape index (κ2) is 5.64. The first-order chi connectivity index (χ1) is 10.8. The summed E-state index contributed by atoms with van der Waals surface area (Å²) in [7, 11) is 0. The number of amides is 2. The highest BCUT2D eigenvalue weighted by molar-refractivity contribution is 6.10. The molecule has 3 rings (SSSR count). The van der Waals surface area contributed by atoms with Gasteiger partial charge in [-0.05, 0) is 39.3 Å². The minimum Gasteiger partial charge on any atom is -0.372 e. The number of nitrogens with zero attached hydrogens (tertiary/aromatic N) is 2. The molecule has 1 aromatic rings. The number of benzene rings is 1. The zero-order valence-corrected chi connectivity index (χ0v) is 14.2. The van der Waals surface area contributed by atoms with Crippen LogP contribution in [0.1, 0.15) is 33.3 Å². The lowest BCUT2D eigenvalue weighted by Gasteiger charge is -2.36. The van der Waals surface area contributed by atoms with E-state index in [0.29, 0.717) is 13.1 Å². The standard InChI is InChI=1S/C18H24N2O3/c1-12-9-19(10-13(2)23-12)16(21)11-20-15-8-6-5-7-14(15)18(3,4)17(20)22/h5-8,12-13H,9-11H2,1-4H3/t12-,13-/m1/s1. The zero-order chi connectivity index (χ0) is 16.8. The number of fused-ring (bicyclic) bond motifs is 1. The van der Waals surface area contributed by atoms with E-state index in [4.69, 9.17) is 4.74 Å². The summed E-state index contributed by atoms with van der Waals surface area (Å²) in [6.45, 7) is 9.02. The Kier molecular flexibility index (Phi) is 3.92. The maximum absolute atomic E-state index is 12.8. The normalized spacial score (nSPS) is 26.3. The minimum atomic E-state index is -0.581. The largest absolute Gasteiger partial charge is 0.372 e. The van der Waals surface area contributed by atoms with Gasteiger partial charge in [0.2, 0.25) is 11.8 Å². The average molecular weight is 316 g/mol. The van der Waals surface area contributed by atoms with E-state index < -0.39 is 5.41 Å². The molecule has 5 nitrogen and oxygen atoms in total. The van der Waals surface area contributed by atoms with E-state index in [0.717, 1.165) is 11.3 Å². The van der Waals surface area contributed by atoms with Gasteiger partial charge in [-0.15, -0.1) is 0 Å². The molecule has 0 unspecified atom stereocenters. The van der Waals surface area contributed by atoms with Crippen molar-refractivity contribution in [3.8, 4) is 0 Å². The highest BCUT2D eigenvalue weighted by Gasteiger charge is 2.44. The summed E-state index contributed by atoms with van der Waals surface area (Å²) in [5, 5.41) is 0. The summed E-state index contributed by atoms with van der Waals surface area (Å²) in [6, 6.07) is 7.73. The highest BCUT2D eigenvalue weighted by atomic mass is 16.5. The number of anilines is 1. The molecule has 2 heterocycles. The van der Waals surface area contributed by atoms with Crippen molar-refractivity contribution in [1.82, 2.24) is 4.90 Å². The number of morpholine rings is 1. The smallest absolute Gasteiger partial charge is 0.242 e. The van der Waals surface area contributed by atoms with E-state index >= 15 is 0 Å². The van der Waals surface area contributed by atoms with E-state index in [1.165, 1.54) is 0 Å². The Morgan fingerprint density at radius 1 is 1.22 bits per heavy atom. The van der Waals surface area contributed by atoms with Crippen LogP contribution in [0.4, 0.5) is 5.69 Å². The van der Waals surface area contributed by atoms with Crippen molar-refractivity contribution >= 4 is 17.5 Å². The Hall–Kier alpha value is -1.88. The zero-order valence-electron chi connectivity index (χ0n) is 14.2. The van der Waals surface area contributed by atoms with Crippen molar-refractivity contribution in [2.45, 2.75) is 45.3 Å². The number of hydrogen-bond acceptors (Lipinski definition) is 3. The number of carbonyl (C=O) groups is 2. The first-order valence-corrected chi connectivity index (χ1v) is 8.15. The van der Waals surface area contributed by atoms with Crippen molar-refractivity contribution < 1.29 is 14.3 Å². The molecule has 2 atom stereocenters. The van der Waals surface area contributed by atoms with E-state index in [1.807, 2.05) is 52.0 Å². The van der Waals surface area contributed by atoms with Crippen molar-refractivity contribution in [3.05, 3.63) is 29.8 Å². The van der Waals surface area contributed by atoms with E-state index in [-0.39, 0.29) is 30.6 Å². The topological polar surface area (TPSA) is 49.9 Å². The van der Waals surface area contributed by atoms with Gasteiger partial charge in [-0.2, -0.15) is 0 Å². The van der Waals surface area contributed by atoms with Crippen molar-refractivity contribution in [2.75, 3.05) is 24.5 Å². The molecule has 1 fully saturated rings. The quantitative estimate of drug-likeness (QED) is 0.838. The molecule has 0 bridgehead atoms. The summed E-state index contributed by atoms with van der Waals surface area (Å²) in [5.41, 5.74) is 1.26. The molecule has 0 aromatic heterocycles. The van der Waals surface area contributed by atoms with Crippen LogP contribution >= 0.6 is 0 Å². The van der Waals surface area contributed by atoms with Gasteiger partial charge in [0.25, 0.3) is 0 Å². The summed E-state index contributed by atoms with van der Waals surface area (Å²) in [6.07, 6.45) is 0.0569. The van der Waals surface area contributed by atoms with Crippen molar-refractivity contribution in [3.63, 3.8) is 0 Å². The number of hydrogen-bond donors (Lipinski definition) is 0.